The lowest BCUT2D eigenvalue weighted by Crippen LogP contribution is -2.40. The summed E-state index contributed by atoms with van der Waals surface area (Å²) >= 11 is 1.21. The molecule has 238 valence electrons. The summed E-state index contributed by atoms with van der Waals surface area (Å²) in [5.74, 6) is 0.744. The molecule has 8 nitrogen and oxygen atoms in total. The second kappa shape index (κ2) is 13.9. The molecule has 5 aromatic rings. The van der Waals surface area contributed by atoms with Crippen LogP contribution in [0.5, 0.6) is 17.2 Å². The first-order chi connectivity index (χ1) is 22.9. The van der Waals surface area contributed by atoms with Crippen LogP contribution in [0.3, 0.4) is 0 Å². The van der Waals surface area contributed by atoms with Gasteiger partial charge in [-0.1, -0.05) is 72.0 Å². The summed E-state index contributed by atoms with van der Waals surface area (Å²) in [6, 6.07) is 27.5. The monoisotopic (exact) mass is 649 g/mol. The number of carbonyl (C=O) groups excluding carboxylic acids is 1. The van der Waals surface area contributed by atoms with E-state index in [0.29, 0.717) is 61.3 Å². The van der Waals surface area contributed by atoms with Crippen molar-refractivity contribution in [3.8, 4) is 17.2 Å². The van der Waals surface area contributed by atoms with Gasteiger partial charge in [0.25, 0.3) is 11.5 Å². The summed E-state index contributed by atoms with van der Waals surface area (Å²) in [5.41, 5.74) is 2.84. The van der Waals surface area contributed by atoms with Crippen molar-refractivity contribution in [2.75, 3.05) is 19.0 Å². The number of hydrogen-bond donors (Lipinski definition) is 1. The fourth-order valence-corrected chi connectivity index (χ4v) is 6.47. The van der Waals surface area contributed by atoms with Crippen LogP contribution in [-0.4, -0.2) is 24.2 Å². The number of hydrogen-bond acceptors (Lipinski definition) is 7. The van der Waals surface area contributed by atoms with Crippen molar-refractivity contribution in [2.24, 2.45) is 4.99 Å². The number of rotatable bonds is 10. The van der Waals surface area contributed by atoms with Crippen LogP contribution in [0.2, 0.25) is 0 Å². The van der Waals surface area contributed by atoms with E-state index in [4.69, 9.17) is 19.2 Å². The molecular formula is C37H32FN3O5S. The van der Waals surface area contributed by atoms with Crippen LogP contribution in [0.15, 0.2) is 118 Å². The van der Waals surface area contributed by atoms with Gasteiger partial charge in [0, 0.05) is 16.8 Å². The quantitative estimate of drug-likeness (QED) is 0.201. The van der Waals surface area contributed by atoms with Gasteiger partial charge in [-0.05, 0) is 61.9 Å². The van der Waals surface area contributed by atoms with Gasteiger partial charge in [-0.25, -0.2) is 9.38 Å². The highest BCUT2D eigenvalue weighted by molar-refractivity contribution is 7.07. The van der Waals surface area contributed by atoms with Crippen molar-refractivity contribution in [3.63, 3.8) is 0 Å². The lowest BCUT2D eigenvalue weighted by Gasteiger charge is -2.25. The number of benzene rings is 4. The first-order valence-corrected chi connectivity index (χ1v) is 15.8. The van der Waals surface area contributed by atoms with E-state index in [1.165, 1.54) is 24.5 Å². The van der Waals surface area contributed by atoms with E-state index >= 15 is 0 Å². The van der Waals surface area contributed by atoms with E-state index in [2.05, 4.69) is 5.32 Å². The molecule has 6 rings (SSSR count). The van der Waals surface area contributed by atoms with Gasteiger partial charge in [0.15, 0.2) is 16.3 Å². The number of thiazole rings is 1. The molecule has 1 aliphatic rings. The summed E-state index contributed by atoms with van der Waals surface area (Å²) in [6.45, 7) is 4.15. The van der Waals surface area contributed by atoms with E-state index in [0.717, 1.165) is 5.56 Å². The Morgan fingerprint density at radius 2 is 1.72 bits per heavy atom. The van der Waals surface area contributed by atoms with Gasteiger partial charge in [0.05, 0.1) is 35.6 Å². The van der Waals surface area contributed by atoms with Crippen molar-refractivity contribution in [3.05, 3.63) is 151 Å². The number of halogens is 1. The number of nitrogens with one attached hydrogen (secondary N) is 1. The smallest absolute Gasteiger partial charge is 0.271 e. The second-order valence-corrected chi connectivity index (χ2v) is 11.7. The summed E-state index contributed by atoms with van der Waals surface area (Å²) < 4.78 is 33.6. The van der Waals surface area contributed by atoms with E-state index < -0.39 is 6.04 Å². The Kier molecular flexibility index (Phi) is 9.30. The van der Waals surface area contributed by atoms with Gasteiger partial charge in [-0.2, -0.15) is 0 Å². The average Bonchev–Trinajstić information content (AvgIpc) is 3.38. The summed E-state index contributed by atoms with van der Waals surface area (Å²) in [6.07, 6.45) is 1.71. The van der Waals surface area contributed by atoms with Gasteiger partial charge in [-0.15, -0.1) is 0 Å². The van der Waals surface area contributed by atoms with Gasteiger partial charge in [0.1, 0.15) is 18.2 Å². The molecule has 1 aliphatic heterocycles. The number of fused-ring (bicyclic) bond motifs is 1. The number of allylic oxidation sites excluding steroid dienone is 1. The topological polar surface area (TPSA) is 91.2 Å². The highest BCUT2D eigenvalue weighted by Crippen LogP contribution is 2.34. The fourth-order valence-electron chi connectivity index (χ4n) is 5.43. The average molecular weight is 650 g/mol. The third-order valence-electron chi connectivity index (χ3n) is 7.65. The van der Waals surface area contributed by atoms with Crippen LogP contribution in [0, 0.1) is 5.82 Å². The predicted molar refractivity (Wildman–Crippen MR) is 180 cm³/mol. The molecule has 0 unspecified atom stereocenters. The minimum Gasteiger partial charge on any atom is -0.494 e. The number of ether oxygens (including phenoxy) is 3. The zero-order valence-corrected chi connectivity index (χ0v) is 26.8. The van der Waals surface area contributed by atoms with Crippen LogP contribution in [-0.2, 0) is 11.4 Å². The Balaban J connectivity index is 1.46. The molecular weight excluding hydrogens is 617 g/mol. The molecule has 1 amide bonds. The first-order valence-electron chi connectivity index (χ1n) is 15.0. The number of anilines is 1. The molecule has 0 saturated heterocycles. The van der Waals surface area contributed by atoms with Crippen LogP contribution < -0.4 is 34.4 Å². The molecule has 0 saturated carbocycles. The molecule has 0 radical (unpaired) electrons. The van der Waals surface area contributed by atoms with Crippen molar-refractivity contribution in [1.29, 1.82) is 0 Å². The van der Waals surface area contributed by atoms with Crippen molar-refractivity contribution >= 4 is 29.0 Å². The van der Waals surface area contributed by atoms with Crippen molar-refractivity contribution in [1.82, 2.24) is 4.57 Å². The Bertz CT molecular complexity index is 2140. The molecule has 4 aromatic carbocycles. The lowest BCUT2D eigenvalue weighted by atomic mass is 9.95. The van der Waals surface area contributed by atoms with Crippen LogP contribution >= 0.6 is 11.3 Å². The molecule has 2 heterocycles. The zero-order chi connectivity index (χ0) is 32.9. The zero-order valence-electron chi connectivity index (χ0n) is 26.0. The molecule has 0 fully saturated rings. The van der Waals surface area contributed by atoms with Crippen molar-refractivity contribution in [2.45, 2.75) is 26.5 Å². The number of amides is 1. The van der Waals surface area contributed by atoms with Crippen LogP contribution in [0.4, 0.5) is 10.1 Å². The molecule has 0 spiro atoms. The molecule has 0 aliphatic carbocycles. The predicted octanol–water partition coefficient (Wildman–Crippen LogP) is 6.00. The Hall–Kier alpha value is -5.48. The minimum atomic E-state index is -0.755. The molecule has 10 heteroatoms. The standard InChI is InChI=1S/C37H32FN3O5S/c1-4-45-28-19-17-24(18-20-28)33-32(35(42)40-27-13-6-5-7-14-27)23(2)39-37-41(33)36(43)31(47-37)21-25-12-10-16-30(44-3)34(25)46-22-26-11-8-9-15-29(26)38/h5-21,33H,4,22H2,1-3H3,(H,40,42)/b31-21-/t33-/m0/s1. The van der Waals surface area contributed by atoms with E-state index in [9.17, 15) is 14.0 Å². The molecule has 47 heavy (non-hydrogen) atoms. The maximum absolute atomic E-state index is 14.4. The van der Waals surface area contributed by atoms with Gasteiger partial charge < -0.3 is 19.5 Å². The van der Waals surface area contributed by atoms with E-state index in [1.54, 1.807) is 66.1 Å². The maximum Gasteiger partial charge on any atom is 0.271 e. The van der Waals surface area contributed by atoms with E-state index in [-0.39, 0.29) is 23.9 Å². The van der Waals surface area contributed by atoms with Gasteiger partial charge in [-0.3, -0.25) is 14.2 Å². The third-order valence-corrected chi connectivity index (χ3v) is 8.63. The molecule has 0 bridgehead atoms. The van der Waals surface area contributed by atoms with Crippen molar-refractivity contribution < 1.29 is 23.4 Å². The number of nitrogens with zero attached hydrogens (tertiary/aromatic N) is 2. The summed E-state index contributed by atoms with van der Waals surface area (Å²) in [4.78, 5) is 33.3. The van der Waals surface area contributed by atoms with E-state index in [1.807, 2.05) is 49.4 Å². The molecule has 1 N–H and O–H groups in total. The Labute approximate surface area is 274 Å². The maximum atomic E-state index is 14.4. The lowest BCUT2D eigenvalue weighted by molar-refractivity contribution is -0.113. The summed E-state index contributed by atoms with van der Waals surface area (Å²) in [5, 5.41) is 2.96. The largest absolute Gasteiger partial charge is 0.494 e. The highest BCUT2D eigenvalue weighted by atomic mass is 32.1. The number of para-hydroxylation sites is 2. The first kappa shape index (κ1) is 31.5. The van der Waals surface area contributed by atoms with Crippen LogP contribution in [0.1, 0.15) is 36.6 Å². The molecule has 1 atom stereocenters. The normalized spacial score (nSPS) is 14.3. The third kappa shape index (κ3) is 6.59. The van der Waals surface area contributed by atoms with Crippen LogP contribution in [0.25, 0.3) is 6.08 Å². The van der Waals surface area contributed by atoms with Gasteiger partial charge >= 0.3 is 0 Å². The number of methoxy groups -OCH3 is 1. The highest BCUT2D eigenvalue weighted by Gasteiger charge is 2.32. The minimum absolute atomic E-state index is 0.0358. The molecule has 1 aromatic heterocycles. The second-order valence-electron chi connectivity index (χ2n) is 10.7. The summed E-state index contributed by atoms with van der Waals surface area (Å²) in [7, 11) is 1.52. The Morgan fingerprint density at radius 3 is 2.45 bits per heavy atom. The number of carbonyl (C=O) groups is 1. The SMILES string of the molecule is CCOc1ccc([C@H]2C(C(=O)Nc3ccccc3)=C(C)N=c3s/c(=C\c4cccc(OC)c4OCc4ccccc4F)c(=O)n32)cc1. The number of aromatic nitrogens is 1. The fraction of sp³-hybridized carbons (Fsp3) is 0.162. The van der Waals surface area contributed by atoms with Gasteiger partial charge in [0.2, 0.25) is 0 Å². The Morgan fingerprint density at radius 1 is 0.979 bits per heavy atom.